The van der Waals surface area contributed by atoms with E-state index >= 15 is 0 Å². The highest BCUT2D eigenvalue weighted by atomic mass is 16.4. The number of carbonyl (C=O) groups excluding carboxylic acids is 2. The van der Waals surface area contributed by atoms with Crippen LogP contribution in [-0.2, 0) is 20.8 Å². The van der Waals surface area contributed by atoms with Crippen molar-refractivity contribution < 1.29 is 19.5 Å². The lowest BCUT2D eigenvalue weighted by molar-refractivity contribution is -0.155. The maximum Gasteiger partial charge on any atom is 0.327 e. The molecule has 22 heavy (non-hydrogen) atoms. The Morgan fingerprint density at radius 2 is 1.95 bits per heavy atom. The van der Waals surface area contributed by atoms with Crippen LogP contribution in [0.15, 0.2) is 24.7 Å². The molecule has 1 saturated heterocycles. The van der Waals surface area contributed by atoms with E-state index in [9.17, 15) is 19.5 Å². The van der Waals surface area contributed by atoms with E-state index in [4.69, 9.17) is 0 Å². The van der Waals surface area contributed by atoms with Gasteiger partial charge in [-0.15, -0.1) is 0 Å². The van der Waals surface area contributed by atoms with Gasteiger partial charge in [0.15, 0.2) is 0 Å². The van der Waals surface area contributed by atoms with E-state index in [0.29, 0.717) is 5.69 Å². The third-order valence-electron chi connectivity index (χ3n) is 5.07. The molecule has 7 nitrogen and oxygen atoms in total. The van der Waals surface area contributed by atoms with Crippen LogP contribution in [-0.4, -0.2) is 43.8 Å². The number of nitrogens with zero attached hydrogens (tertiary/aromatic N) is 2. The number of carboxylic acid groups (broad SMARTS) is 1. The van der Waals surface area contributed by atoms with Crippen molar-refractivity contribution in [1.82, 2.24) is 14.9 Å². The summed E-state index contributed by atoms with van der Waals surface area (Å²) < 4.78 is 0. The number of H-pyrrole nitrogens is 1. The fourth-order valence-electron chi connectivity index (χ4n) is 4.13. The van der Waals surface area contributed by atoms with Crippen LogP contribution in [0.2, 0.25) is 0 Å². The number of nitrogens with one attached hydrogen (secondary N) is 1. The van der Waals surface area contributed by atoms with Gasteiger partial charge >= 0.3 is 5.97 Å². The van der Waals surface area contributed by atoms with Gasteiger partial charge in [-0.05, 0) is 18.3 Å². The Hall–Kier alpha value is -2.44. The first-order valence-corrected chi connectivity index (χ1v) is 7.33. The summed E-state index contributed by atoms with van der Waals surface area (Å²) in [5.74, 6) is -2.41. The Balaban J connectivity index is 1.65. The second kappa shape index (κ2) is 4.53. The maximum atomic E-state index is 12.6. The molecule has 0 spiro atoms. The third kappa shape index (κ3) is 1.68. The number of hydrogen-bond donors (Lipinski definition) is 2. The summed E-state index contributed by atoms with van der Waals surface area (Å²) in [6.45, 7) is 0. The molecule has 1 saturated carbocycles. The minimum atomic E-state index is -1.18. The van der Waals surface area contributed by atoms with Gasteiger partial charge in [0, 0.05) is 18.3 Å². The van der Waals surface area contributed by atoms with E-state index in [1.54, 1.807) is 0 Å². The second-order valence-corrected chi connectivity index (χ2v) is 6.18. The smallest absolute Gasteiger partial charge is 0.327 e. The first kappa shape index (κ1) is 13.2. The van der Waals surface area contributed by atoms with Crippen LogP contribution in [0, 0.1) is 23.7 Å². The number of fused-ring (bicyclic) bond motifs is 5. The van der Waals surface area contributed by atoms with Crippen LogP contribution in [0.1, 0.15) is 12.1 Å². The first-order chi connectivity index (χ1) is 10.6. The average molecular weight is 301 g/mol. The highest BCUT2D eigenvalue weighted by molar-refractivity contribution is 6.08. The third-order valence-corrected chi connectivity index (χ3v) is 5.07. The lowest BCUT2D eigenvalue weighted by Gasteiger charge is -2.24. The zero-order valence-corrected chi connectivity index (χ0v) is 11.7. The number of aliphatic carboxylic acids is 1. The Bertz CT molecular complexity index is 651. The second-order valence-electron chi connectivity index (χ2n) is 6.18. The van der Waals surface area contributed by atoms with Gasteiger partial charge in [-0.2, -0.15) is 0 Å². The van der Waals surface area contributed by atoms with Gasteiger partial charge in [0.25, 0.3) is 0 Å². The van der Waals surface area contributed by atoms with Gasteiger partial charge in [0.05, 0.1) is 18.2 Å². The molecule has 2 bridgehead atoms. The number of amides is 2. The zero-order chi connectivity index (χ0) is 15.4. The van der Waals surface area contributed by atoms with Crippen molar-refractivity contribution in [3.8, 4) is 0 Å². The molecule has 1 aromatic heterocycles. The highest BCUT2D eigenvalue weighted by Gasteiger charge is 2.61. The number of allylic oxidation sites excluding steroid dienone is 2. The predicted molar refractivity (Wildman–Crippen MR) is 73.3 cm³/mol. The molecule has 0 unspecified atom stereocenters. The fourth-order valence-corrected chi connectivity index (χ4v) is 4.13. The first-order valence-electron chi connectivity index (χ1n) is 7.33. The number of carbonyl (C=O) groups is 3. The van der Waals surface area contributed by atoms with Crippen molar-refractivity contribution in [3.05, 3.63) is 30.4 Å². The summed E-state index contributed by atoms with van der Waals surface area (Å²) in [7, 11) is 0. The number of rotatable bonds is 4. The Labute approximate surface area is 126 Å². The van der Waals surface area contributed by atoms with Gasteiger partial charge < -0.3 is 10.1 Å². The van der Waals surface area contributed by atoms with Crippen LogP contribution >= 0.6 is 0 Å². The Morgan fingerprint density at radius 3 is 2.45 bits per heavy atom. The highest BCUT2D eigenvalue weighted by Crippen LogP contribution is 2.52. The van der Waals surface area contributed by atoms with Crippen LogP contribution in [0.5, 0.6) is 0 Å². The van der Waals surface area contributed by atoms with E-state index in [-0.39, 0.29) is 41.9 Å². The zero-order valence-electron chi connectivity index (χ0n) is 11.7. The lowest BCUT2D eigenvalue weighted by Crippen LogP contribution is -2.47. The maximum absolute atomic E-state index is 12.6. The van der Waals surface area contributed by atoms with E-state index in [0.717, 1.165) is 11.3 Å². The van der Waals surface area contributed by atoms with Crippen LogP contribution in [0.4, 0.5) is 0 Å². The van der Waals surface area contributed by atoms with Gasteiger partial charge in [0.1, 0.15) is 6.04 Å². The largest absolute Gasteiger partial charge is 0.480 e. The summed E-state index contributed by atoms with van der Waals surface area (Å²) >= 11 is 0. The summed E-state index contributed by atoms with van der Waals surface area (Å²) in [6, 6.07) is -1.18. The molecule has 2 heterocycles. The molecule has 0 radical (unpaired) electrons. The van der Waals surface area contributed by atoms with Crippen LogP contribution in [0.25, 0.3) is 0 Å². The normalized spacial score (nSPS) is 33.5. The van der Waals surface area contributed by atoms with E-state index in [1.807, 2.05) is 12.2 Å². The standard InChI is InChI=1S/C15H15N3O4/c19-13-11-7-1-2-8(3-7)12(11)14(20)18(13)10(15(21)22)4-9-5-16-6-17-9/h1-2,5-8,10-12H,3-4H2,(H,16,17)(H,21,22)/t7-,8+,10-,11+,12+/m1/s1. The van der Waals surface area contributed by atoms with Crippen molar-refractivity contribution >= 4 is 17.8 Å². The SMILES string of the molecule is O=C(O)[C@@H](Cc1cnc[nH]1)N1C(=O)[C@@H]2[C@@H](C1=O)[C@H]1C=C[C@@H]2C1. The molecule has 1 aliphatic heterocycles. The molecule has 4 rings (SSSR count). The quantitative estimate of drug-likeness (QED) is 0.611. The van der Waals surface area contributed by atoms with Crippen molar-refractivity contribution in [2.45, 2.75) is 18.9 Å². The van der Waals surface area contributed by atoms with Crippen molar-refractivity contribution in [3.63, 3.8) is 0 Å². The van der Waals surface area contributed by atoms with Crippen molar-refractivity contribution in [2.24, 2.45) is 23.7 Å². The van der Waals surface area contributed by atoms with E-state index in [2.05, 4.69) is 9.97 Å². The van der Waals surface area contributed by atoms with Gasteiger partial charge in [-0.25, -0.2) is 9.78 Å². The number of hydrogen-bond acceptors (Lipinski definition) is 4. The number of imidazole rings is 1. The number of aromatic amines is 1. The molecule has 1 aromatic rings. The number of aromatic nitrogens is 2. The fraction of sp³-hybridized carbons (Fsp3) is 0.467. The molecule has 7 heteroatoms. The minimum absolute atomic E-state index is 0.0506. The topological polar surface area (TPSA) is 103 Å². The Kier molecular flexibility index (Phi) is 2.72. The van der Waals surface area contributed by atoms with Gasteiger partial charge in [-0.3, -0.25) is 14.5 Å². The van der Waals surface area contributed by atoms with Crippen LogP contribution in [0.3, 0.4) is 0 Å². The monoisotopic (exact) mass is 301 g/mol. The molecule has 5 atom stereocenters. The summed E-state index contributed by atoms with van der Waals surface area (Å²) in [6.07, 6.45) is 7.82. The molecular weight excluding hydrogens is 286 g/mol. The number of imide groups is 1. The molecule has 2 amide bonds. The van der Waals surface area contributed by atoms with Crippen molar-refractivity contribution in [1.29, 1.82) is 0 Å². The van der Waals surface area contributed by atoms with Crippen molar-refractivity contribution in [2.75, 3.05) is 0 Å². The average Bonchev–Trinajstić information content (AvgIpc) is 3.23. The predicted octanol–water partition coefficient (Wildman–Crippen LogP) is 0.212. The molecule has 114 valence electrons. The minimum Gasteiger partial charge on any atom is -0.480 e. The summed E-state index contributed by atoms with van der Waals surface area (Å²) in [5.41, 5.74) is 0.589. The Morgan fingerprint density at radius 1 is 1.32 bits per heavy atom. The number of likely N-dealkylation sites (tertiary alicyclic amines) is 1. The molecule has 2 fully saturated rings. The summed E-state index contributed by atoms with van der Waals surface area (Å²) in [4.78, 5) is 44.5. The molecule has 0 aromatic carbocycles. The van der Waals surface area contributed by atoms with E-state index < -0.39 is 12.0 Å². The molecule has 2 aliphatic carbocycles. The summed E-state index contributed by atoms with van der Waals surface area (Å²) in [5, 5.41) is 9.48. The lowest BCUT2D eigenvalue weighted by atomic mass is 9.85. The van der Waals surface area contributed by atoms with Gasteiger partial charge in [0.2, 0.25) is 11.8 Å². The van der Waals surface area contributed by atoms with E-state index in [1.165, 1.54) is 12.5 Å². The molecule has 3 aliphatic rings. The molecule has 2 N–H and O–H groups in total. The van der Waals surface area contributed by atoms with Gasteiger partial charge in [-0.1, -0.05) is 12.2 Å². The van der Waals surface area contributed by atoms with Crippen LogP contribution < -0.4 is 0 Å². The number of carboxylic acids is 1. The molecular formula is C15H15N3O4.